The molecule has 11 heteroatoms. The fourth-order valence-corrected chi connectivity index (χ4v) is 3.69. The van der Waals surface area contributed by atoms with Crippen LogP contribution in [-0.4, -0.2) is 40.4 Å². The van der Waals surface area contributed by atoms with E-state index in [0.29, 0.717) is 22.7 Å². The molecule has 0 spiro atoms. The molecule has 0 aliphatic heterocycles. The molecule has 0 unspecified atom stereocenters. The van der Waals surface area contributed by atoms with E-state index in [9.17, 15) is 9.18 Å². The lowest BCUT2D eigenvalue weighted by Gasteiger charge is -2.15. The first kappa shape index (κ1) is 22.0. The van der Waals surface area contributed by atoms with Crippen molar-refractivity contribution in [2.75, 3.05) is 11.9 Å². The Labute approximate surface area is 178 Å². The predicted octanol–water partition coefficient (Wildman–Crippen LogP) is 5.42. The van der Waals surface area contributed by atoms with E-state index in [2.05, 4.69) is 29.6 Å². The maximum absolute atomic E-state index is 14.1. The van der Waals surface area contributed by atoms with Gasteiger partial charge in [-0.3, -0.25) is 5.32 Å². The number of carboxylic acid groups (broad SMARTS) is 1. The van der Waals surface area contributed by atoms with Crippen LogP contribution in [0.3, 0.4) is 0 Å². The average molecular weight is 453 g/mol. The van der Waals surface area contributed by atoms with Crippen LogP contribution in [-0.2, 0) is 11.5 Å². The molecule has 0 saturated carbocycles. The van der Waals surface area contributed by atoms with E-state index in [-0.39, 0.29) is 24.0 Å². The summed E-state index contributed by atoms with van der Waals surface area (Å²) in [6.07, 6.45) is 1.65. The first-order valence-electron chi connectivity index (χ1n) is 9.18. The number of hydrogen-bond donors (Lipinski definition) is 2. The molecule has 160 valence electrons. The van der Waals surface area contributed by atoms with E-state index in [1.165, 1.54) is 18.5 Å². The van der Waals surface area contributed by atoms with Crippen molar-refractivity contribution >= 4 is 42.5 Å². The normalized spacial score (nSPS) is 11.6. The van der Waals surface area contributed by atoms with Gasteiger partial charge in [-0.05, 0) is 18.2 Å². The zero-order valence-corrected chi connectivity index (χ0v) is 18.5. The summed E-state index contributed by atoms with van der Waals surface area (Å²) >= 11 is 6.37. The number of aromatic nitrogens is 3. The third-order valence-corrected chi connectivity index (χ3v) is 6.19. The van der Waals surface area contributed by atoms with Gasteiger partial charge in [0.25, 0.3) is 0 Å². The Kier molecular flexibility index (Phi) is 6.59. The number of hydrogen-bond acceptors (Lipinski definition) is 5. The highest BCUT2D eigenvalue weighted by Crippen LogP contribution is 2.34. The molecule has 0 aliphatic carbocycles. The van der Waals surface area contributed by atoms with Crippen molar-refractivity contribution in [3.63, 3.8) is 0 Å². The molecule has 2 aromatic heterocycles. The number of fused-ring (bicyclic) bond motifs is 1. The van der Waals surface area contributed by atoms with Gasteiger partial charge in [0.1, 0.15) is 24.2 Å². The summed E-state index contributed by atoms with van der Waals surface area (Å²) in [7, 11) is -1.19. The van der Waals surface area contributed by atoms with E-state index >= 15 is 0 Å². The van der Waals surface area contributed by atoms with Crippen molar-refractivity contribution in [3.8, 4) is 11.6 Å². The van der Waals surface area contributed by atoms with Crippen LogP contribution in [0.5, 0.6) is 11.6 Å². The van der Waals surface area contributed by atoms with E-state index in [0.717, 1.165) is 12.1 Å². The Balaban J connectivity index is 1.80. The van der Waals surface area contributed by atoms with Gasteiger partial charge >= 0.3 is 6.09 Å². The second-order valence-electron chi connectivity index (χ2n) is 7.85. The fourth-order valence-electron chi connectivity index (χ4n) is 2.65. The number of nitrogens with one attached hydrogen (secondary N) is 1. The minimum atomic E-state index is -1.36. The quantitative estimate of drug-likeness (QED) is 0.350. The third-order valence-electron chi connectivity index (χ3n) is 4.20. The molecule has 3 aromatic rings. The molecule has 8 nitrogen and oxygen atoms in total. The van der Waals surface area contributed by atoms with Crippen molar-refractivity contribution in [1.82, 2.24) is 14.5 Å². The number of anilines is 1. The number of ether oxygens (including phenoxy) is 2. The molecule has 1 aromatic carbocycles. The maximum Gasteiger partial charge on any atom is 0.409 e. The van der Waals surface area contributed by atoms with Crippen molar-refractivity contribution in [3.05, 3.63) is 41.6 Å². The van der Waals surface area contributed by atoms with Gasteiger partial charge in [0, 0.05) is 26.9 Å². The van der Waals surface area contributed by atoms with Crippen molar-refractivity contribution in [1.29, 1.82) is 0 Å². The number of halogens is 2. The first-order chi connectivity index (χ1) is 14.1. The molecule has 0 fully saturated rings. The number of nitrogens with zero attached hydrogens (tertiary/aromatic N) is 3. The van der Waals surface area contributed by atoms with Crippen LogP contribution in [0.15, 0.2) is 30.7 Å². The summed E-state index contributed by atoms with van der Waals surface area (Å²) in [6.45, 7) is 7.78. The van der Waals surface area contributed by atoms with Crippen LogP contribution in [0.25, 0.3) is 11.0 Å². The second-order valence-corrected chi connectivity index (χ2v) is 13.9. The maximum atomic E-state index is 14.1. The van der Waals surface area contributed by atoms with Crippen LogP contribution in [0.4, 0.5) is 14.9 Å². The Morgan fingerprint density at radius 3 is 2.77 bits per heavy atom. The Hall–Kier alpha value is -2.69. The highest BCUT2D eigenvalue weighted by atomic mass is 35.5. The molecule has 30 heavy (non-hydrogen) atoms. The molecular weight excluding hydrogens is 431 g/mol. The minimum Gasteiger partial charge on any atom is -0.465 e. The van der Waals surface area contributed by atoms with E-state index in [4.69, 9.17) is 26.2 Å². The monoisotopic (exact) mass is 452 g/mol. The molecule has 3 rings (SSSR count). The summed E-state index contributed by atoms with van der Waals surface area (Å²) in [6, 6.07) is 4.79. The second kappa shape index (κ2) is 8.98. The standard InChI is InChI=1S/C19H22ClFN4O4Si/c1-30(2,3)7-6-28-11-25-9-13(20)16-17(25)22-10-23-18(16)29-12-4-5-15(14(21)8-12)24-19(26)27/h4-5,8-10,24H,6-7,11H2,1-3H3,(H,26,27). The van der Waals surface area contributed by atoms with Gasteiger partial charge in [0.2, 0.25) is 5.88 Å². The first-order valence-corrected chi connectivity index (χ1v) is 13.3. The number of amides is 1. The summed E-state index contributed by atoms with van der Waals surface area (Å²) < 4.78 is 27.3. The van der Waals surface area contributed by atoms with Gasteiger partial charge in [-0.1, -0.05) is 31.2 Å². The van der Waals surface area contributed by atoms with Crippen molar-refractivity contribution < 1.29 is 23.8 Å². The van der Waals surface area contributed by atoms with Crippen molar-refractivity contribution in [2.24, 2.45) is 0 Å². The predicted molar refractivity (Wildman–Crippen MR) is 115 cm³/mol. The lowest BCUT2D eigenvalue weighted by atomic mass is 10.3. The SMILES string of the molecule is C[Si](C)(C)CCOCn1cc(Cl)c2c(Oc3ccc(NC(=O)O)c(F)c3)ncnc21. The van der Waals surface area contributed by atoms with E-state index in [1.807, 2.05) is 5.32 Å². The summed E-state index contributed by atoms with van der Waals surface area (Å²) in [4.78, 5) is 19.0. The zero-order valence-electron chi connectivity index (χ0n) is 16.8. The van der Waals surface area contributed by atoms with Gasteiger partial charge in [-0.15, -0.1) is 0 Å². The highest BCUT2D eigenvalue weighted by molar-refractivity contribution is 6.76. The third kappa shape index (κ3) is 5.46. The van der Waals surface area contributed by atoms with E-state index < -0.39 is 20.0 Å². The van der Waals surface area contributed by atoms with Gasteiger partial charge in [-0.25, -0.2) is 19.2 Å². The number of benzene rings is 1. The minimum absolute atomic E-state index is 0.138. The molecule has 0 bridgehead atoms. The summed E-state index contributed by atoms with van der Waals surface area (Å²) in [5.74, 6) is -0.484. The molecule has 2 heterocycles. The highest BCUT2D eigenvalue weighted by Gasteiger charge is 2.17. The molecule has 0 radical (unpaired) electrons. The fraction of sp³-hybridized carbons (Fsp3) is 0.316. The zero-order chi connectivity index (χ0) is 21.9. The van der Waals surface area contributed by atoms with Crippen LogP contribution in [0.1, 0.15) is 0 Å². The van der Waals surface area contributed by atoms with Crippen LogP contribution in [0.2, 0.25) is 30.7 Å². The van der Waals surface area contributed by atoms with Gasteiger partial charge < -0.3 is 19.1 Å². The Morgan fingerprint density at radius 2 is 2.10 bits per heavy atom. The largest absolute Gasteiger partial charge is 0.465 e. The smallest absolute Gasteiger partial charge is 0.409 e. The molecule has 0 saturated heterocycles. The van der Waals surface area contributed by atoms with E-state index in [1.54, 1.807) is 10.8 Å². The molecular formula is C19H22ClFN4O4Si. The summed E-state index contributed by atoms with van der Waals surface area (Å²) in [5, 5.41) is 11.5. The van der Waals surface area contributed by atoms with Gasteiger partial charge in [0.05, 0.1) is 10.7 Å². The Morgan fingerprint density at radius 1 is 1.33 bits per heavy atom. The number of rotatable bonds is 8. The number of carbonyl (C=O) groups is 1. The summed E-state index contributed by atoms with van der Waals surface area (Å²) in [5.41, 5.74) is 0.352. The molecule has 1 amide bonds. The molecule has 0 aliphatic rings. The lowest BCUT2D eigenvalue weighted by molar-refractivity contribution is 0.0899. The molecule has 0 atom stereocenters. The topological polar surface area (TPSA) is 98.5 Å². The average Bonchev–Trinajstić information content (AvgIpc) is 2.97. The molecule has 2 N–H and O–H groups in total. The lowest BCUT2D eigenvalue weighted by Crippen LogP contribution is -2.22. The van der Waals surface area contributed by atoms with Gasteiger partial charge in [-0.2, -0.15) is 0 Å². The van der Waals surface area contributed by atoms with Crippen LogP contribution < -0.4 is 10.1 Å². The van der Waals surface area contributed by atoms with Crippen LogP contribution >= 0.6 is 11.6 Å². The Bertz CT molecular complexity index is 1070. The van der Waals surface area contributed by atoms with Crippen LogP contribution in [0, 0.1) is 5.82 Å². The van der Waals surface area contributed by atoms with Crippen molar-refractivity contribution in [2.45, 2.75) is 32.4 Å². The van der Waals surface area contributed by atoms with Gasteiger partial charge in [0.15, 0.2) is 11.5 Å².